The first-order chi connectivity index (χ1) is 21.7. The lowest BCUT2D eigenvalue weighted by Crippen LogP contribution is -2.62. The van der Waals surface area contributed by atoms with Crippen molar-refractivity contribution in [3.05, 3.63) is 35.9 Å². The van der Waals surface area contributed by atoms with Gasteiger partial charge in [-0.25, -0.2) is 14.2 Å². The predicted molar refractivity (Wildman–Crippen MR) is 176 cm³/mol. The highest BCUT2D eigenvalue weighted by Crippen LogP contribution is 2.44. The standard InChI is InChI=1S/C34H52FN7O4/c1-10-41(24(4)5)31(43)26-18-25(35)13-14-28(26)46-30-29(36-22-37-38-30)39-17-15-34(19-39)20-40(21-34)27(23(2)3)12-11-16-42(32(44)45-9)33(6,7)8/h13-14,18,22-24,27H,10-12,15-17,19-21H2,1-9H3. The lowest BCUT2D eigenvalue weighted by atomic mass is 9.76. The van der Waals surface area contributed by atoms with Crippen LogP contribution < -0.4 is 9.64 Å². The van der Waals surface area contributed by atoms with E-state index in [1.807, 2.05) is 41.5 Å². The summed E-state index contributed by atoms with van der Waals surface area (Å²) in [5, 5.41) is 8.20. The first kappa shape index (κ1) is 35.3. The van der Waals surface area contributed by atoms with Crippen LogP contribution in [0.3, 0.4) is 0 Å². The van der Waals surface area contributed by atoms with Crippen LogP contribution in [0.15, 0.2) is 24.5 Å². The molecule has 2 amide bonds. The Morgan fingerprint density at radius 2 is 1.85 bits per heavy atom. The number of likely N-dealkylation sites (tertiary alicyclic amines) is 1. The van der Waals surface area contributed by atoms with E-state index in [0.29, 0.717) is 30.9 Å². The van der Waals surface area contributed by atoms with Gasteiger partial charge in [-0.05, 0) is 84.9 Å². The molecule has 1 atom stereocenters. The normalized spacial score (nSPS) is 16.9. The topological polar surface area (TPSA) is 104 Å². The smallest absolute Gasteiger partial charge is 0.409 e. The van der Waals surface area contributed by atoms with E-state index in [0.717, 1.165) is 45.4 Å². The number of nitrogens with zero attached hydrogens (tertiary/aromatic N) is 7. The Balaban J connectivity index is 1.43. The van der Waals surface area contributed by atoms with Gasteiger partial charge in [-0.15, -0.1) is 10.2 Å². The zero-order valence-electron chi connectivity index (χ0n) is 29.0. The lowest BCUT2D eigenvalue weighted by molar-refractivity contribution is -0.0349. The summed E-state index contributed by atoms with van der Waals surface area (Å²) >= 11 is 0. The van der Waals surface area contributed by atoms with Crippen molar-refractivity contribution in [3.63, 3.8) is 0 Å². The summed E-state index contributed by atoms with van der Waals surface area (Å²) in [6.07, 6.45) is 4.03. The van der Waals surface area contributed by atoms with Crippen LogP contribution in [0.1, 0.15) is 85.0 Å². The third-order valence-corrected chi connectivity index (χ3v) is 9.31. The molecule has 2 aliphatic rings. The molecule has 0 radical (unpaired) electrons. The molecule has 12 heteroatoms. The maximum atomic E-state index is 14.3. The minimum atomic E-state index is -0.515. The Morgan fingerprint density at radius 1 is 1.13 bits per heavy atom. The molecule has 0 aliphatic carbocycles. The second-order valence-corrected chi connectivity index (χ2v) is 14.3. The van der Waals surface area contributed by atoms with Crippen LogP contribution in [0, 0.1) is 17.2 Å². The third-order valence-electron chi connectivity index (χ3n) is 9.31. The molecule has 1 unspecified atom stereocenters. The van der Waals surface area contributed by atoms with E-state index >= 15 is 0 Å². The van der Waals surface area contributed by atoms with Gasteiger partial charge in [0.1, 0.15) is 17.9 Å². The molecule has 2 aliphatic heterocycles. The monoisotopic (exact) mass is 641 g/mol. The lowest BCUT2D eigenvalue weighted by Gasteiger charge is -2.53. The molecule has 0 bridgehead atoms. The summed E-state index contributed by atoms with van der Waals surface area (Å²) in [4.78, 5) is 38.5. The summed E-state index contributed by atoms with van der Waals surface area (Å²) in [5.74, 6) is 0.631. The number of amides is 2. The number of methoxy groups -OCH3 is 1. The largest absolute Gasteiger partial charge is 0.453 e. The molecular weight excluding hydrogens is 589 g/mol. The molecule has 1 spiro atoms. The molecule has 254 valence electrons. The predicted octanol–water partition coefficient (Wildman–Crippen LogP) is 5.86. The van der Waals surface area contributed by atoms with Crippen LogP contribution >= 0.6 is 0 Å². The van der Waals surface area contributed by atoms with Crippen molar-refractivity contribution in [1.82, 2.24) is 29.9 Å². The molecule has 2 saturated heterocycles. The summed E-state index contributed by atoms with van der Waals surface area (Å²) in [5.41, 5.74) is -0.0315. The third kappa shape index (κ3) is 7.87. The minimum absolute atomic E-state index is 0.0569. The fourth-order valence-electron chi connectivity index (χ4n) is 6.93. The van der Waals surface area contributed by atoms with Crippen molar-refractivity contribution in [2.75, 3.05) is 51.3 Å². The summed E-state index contributed by atoms with van der Waals surface area (Å²) in [7, 11) is 1.43. The van der Waals surface area contributed by atoms with E-state index in [1.165, 1.54) is 31.6 Å². The molecular formula is C34H52FN7O4. The van der Waals surface area contributed by atoms with Crippen molar-refractivity contribution in [2.45, 2.75) is 92.3 Å². The van der Waals surface area contributed by atoms with Crippen molar-refractivity contribution < 1.29 is 23.5 Å². The van der Waals surface area contributed by atoms with E-state index in [-0.39, 0.29) is 46.2 Å². The van der Waals surface area contributed by atoms with E-state index in [2.05, 4.69) is 38.8 Å². The Labute approximate surface area is 273 Å². The van der Waals surface area contributed by atoms with Gasteiger partial charge in [-0.1, -0.05) is 13.8 Å². The van der Waals surface area contributed by atoms with Crippen LogP contribution in [0.25, 0.3) is 0 Å². The van der Waals surface area contributed by atoms with E-state index < -0.39 is 5.82 Å². The van der Waals surface area contributed by atoms with Crippen LogP contribution in [-0.4, -0.2) is 106 Å². The first-order valence-corrected chi connectivity index (χ1v) is 16.5. The van der Waals surface area contributed by atoms with E-state index in [1.54, 1.807) is 9.80 Å². The average molecular weight is 642 g/mol. The molecule has 1 aromatic heterocycles. The number of hydrogen-bond acceptors (Lipinski definition) is 9. The molecule has 3 heterocycles. The number of anilines is 1. The number of hydrogen-bond donors (Lipinski definition) is 0. The Morgan fingerprint density at radius 3 is 2.46 bits per heavy atom. The van der Waals surface area contributed by atoms with Gasteiger partial charge in [0, 0.05) is 62.3 Å². The highest BCUT2D eigenvalue weighted by atomic mass is 19.1. The Kier molecular flexibility index (Phi) is 11.1. The second kappa shape index (κ2) is 14.5. The number of rotatable bonds is 12. The van der Waals surface area contributed by atoms with Gasteiger partial charge >= 0.3 is 6.09 Å². The fraction of sp³-hybridized carbons (Fsp3) is 0.676. The number of aromatic nitrogens is 3. The Hall–Kier alpha value is -3.54. The van der Waals surface area contributed by atoms with Gasteiger partial charge in [0.15, 0.2) is 5.82 Å². The van der Waals surface area contributed by atoms with Crippen molar-refractivity contribution in [2.24, 2.45) is 11.3 Å². The van der Waals surface area contributed by atoms with Crippen molar-refractivity contribution >= 4 is 17.8 Å². The van der Waals surface area contributed by atoms with Gasteiger partial charge in [-0.2, -0.15) is 0 Å². The number of halogens is 1. The zero-order valence-corrected chi connectivity index (χ0v) is 29.0. The Bertz CT molecular complexity index is 1360. The SMILES string of the molecule is CCN(C(=O)c1cc(F)ccc1Oc1nncnc1N1CCC2(C1)CN(C(CCCN(C(=O)OC)C(C)(C)C)C(C)C)C2)C(C)C. The zero-order chi connectivity index (χ0) is 33.8. The van der Waals surface area contributed by atoms with Crippen LogP contribution in [0.4, 0.5) is 15.0 Å². The molecule has 1 aromatic carbocycles. The summed E-state index contributed by atoms with van der Waals surface area (Å²) in [6.45, 7) is 21.1. The van der Waals surface area contributed by atoms with Crippen LogP contribution in [0.2, 0.25) is 0 Å². The van der Waals surface area contributed by atoms with Gasteiger partial charge in [0.05, 0.1) is 12.7 Å². The molecule has 2 aromatic rings. The van der Waals surface area contributed by atoms with Crippen LogP contribution in [0.5, 0.6) is 11.6 Å². The van der Waals surface area contributed by atoms with Gasteiger partial charge in [0.2, 0.25) is 0 Å². The number of carbonyl (C=O) groups is 2. The molecule has 46 heavy (non-hydrogen) atoms. The summed E-state index contributed by atoms with van der Waals surface area (Å²) < 4.78 is 25.5. The van der Waals surface area contributed by atoms with Gasteiger partial charge in [-0.3, -0.25) is 9.69 Å². The minimum Gasteiger partial charge on any atom is -0.453 e. The number of benzene rings is 1. The highest BCUT2D eigenvalue weighted by molar-refractivity contribution is 5.97. The van der Waals surface area contributed by atoms with Crippen molar-refractivity contribution in [3.8, 4) is 11.6 Å². The first-order valence-electron chi connectivity index (χ1n) is 16.5. The molecule has 0 N–H and O–H groups in total. The second-order valence-electron chi connectivity index (χ2n) is 14.3. The molecule has 11 nitrogen and oxygen atoms in total. The maximum Gasteiger partial charge on any atom is 0.409 e. The number of ether oxygens (including phenoxy) is 2. The molecule has 2 fully saturated rings. The van der Waals surface area contributed by atoms with Gasteiger partial charge in [0.25, 0.3) is 11.8 Å². The molecule has 4 rings (SSSR count). The van der Waals surface area contributed by atoms with E-state index in [4.69, 9.17) is 9.47 Å². The average Bonchev–Trinajstić information content (AvgIpc) is 3.42. The van der Waals surface area contributed by atoms with Crippen LogP contribution in [-0.2, 0) is 4.74 Å². The highest BCUT2D eigenvalue weighted by Gasteiger charge is 2.50. The maximum absolute atomic E-state index is 14.3. The van der Waals surface area contributed by atoms with Gasteiger partial charge < -0.3 is 24.2 Å². The van der Waals surface area contributed by atoms with Crippen molar-refractivity contribution in [1.29, 1.82) is 0 Å². The summed E-state index contributed by atoms with van der Waals surface area (Å²) in [6, 6.07) is 4.31. The van der Waals surface area contributed by atoms with E-state index in [9.17, 15) is 14.0 Å². The fourth-order valence-corrected chi connectivity index (χ4v) is 6.93. The molecule has 0 saturated carbocycles. The number of carbonyl (C=O) groups excluding carboxylic acids is 2. The quantitative estimate of drug-likeness (QED) is 0.282.